The van der Waals surface area contributed by atoms with Gasteiger partial charge < -0.3 is 10.2 Å². The van der Waals surface area contributed by atoms with Gasteiger partial charge >= 0.3 is 0 Å². The zero-order chi connectivity index (χ0) is 20.1. The van der Waals surface area contributed by atoms with Gasteiger partial charge in [0.2, 0.25) is 5.91 Å². The van der Waals surface area contributed by atoms with E-state index in [1.807, 2.05) is 11.4 Å². The second-order valence-electron chi connectivity index (χ2n) is 7.80. The molecule has 0 spiro atoms. The minimum Gasteiger partial charge on any atom is -0.348 e. The van der Waals surface area contributed by atoms with Crippen molar-refractivity contribution >= 4 is 34.8 Å². The van der Waals surface area contributed by atoms with Gasteiger partial charge in [0, 0.05) is 28.6 Å². The second-order valence-corrected chi connectivity index (χ2v) is 9.22. The minimum absolute atomic E-state index is 0.0360. The number of carbonyl (C=O) groups excluding carboxylic acids is 2. The number of thiophene rings is 1. The average molecular weight is 419 g/mol. The highest BCUT2D eigenvalue weighted by Gasteiger charge is 2.30. The molecule has 1 fully saturated rings. The molecule has 0 aliphatic carbocycles. The smallest absolute Gasteiger partial charge is 0.253 e. The number of carbonyl (C=O) groups is 2. The van der Waals surface area contributed by atoms with Crippen LogP contribution in [0.1, 0.15) is 54.4 Å². The Morgan fingerprint density at radius 3 is 2.64 bits per heavy atom. The maximum absolute atomic E-state index is 13.0. The summed E-state index contributed by atoms with van der Waals surface area (Å²) in [5.41, 5.74) is 0.613. The molecule has 0 radical (unpaired) electrons. The molecule has 1 aromatic heterocycles. The van der Waals surface area contributed by atoms with Crippen LogP contribution in [0.2, 0.25) is 5.02 Å². The molecule has 1 aromatic carbocycles. The van der Waals surface area contributed by atoms with Crippen LogP contribution in [-0.2, 0) is 4.79 Å². The molecule has 1 aliphatic heterocycles. The zero-order valence-corrected chi connectivity index (χ0v) is 17.9. The van der Waals surface area contributed by atoms with Gasteiger partial charge in [-0.3, -0.25) is 9.59 Å². The molecule has 2 atom stereocenters. The number of amides is 2. The van der Waals surface area contributed by atoms with Crippen molar-refractivity contribution in [1.82, 2.24) is 10.2 Å². The highest BCUT2D eigenvalue weighted by Crippen LogP contribution is 2.27. The van der Waals surface area contributed by atoms with Crippen molar-refractivity contribution in [3.63, 3.8) is 0 Å². The van der Waals surface area contributed by atoms with Crippen molar-refractivity contribution < 1.29 is 9.59 Å². The molecule has 3 rings (SSSR count). The number of benzene rings is 1. The molecular formula is C22H27ClN2O2S. The summed E-state index contributed by atoms with van der Waals surface area (Å²) in [6.07, 6.45) is 2.56. The topological polar surface area (TPSA) is 49.4 Å². The monoisotopic (exact) mass is 418 g/mol. The van der Waals surface area contributed by atoms with Crippen LogP contribution in [0.25, 0.3) is 0 Å². The standard InChI is InChI=1S/C22H27ClN2O2S/c1-15(2)13-19(20-6-4-12-28-20)24-21(26)17-5-3-11-25(14-17)22(27)16-7-9-18(23)10-8-16/h4,6-10,12,15,17,19H,3,5,11,13-14H2,1-2H3,(H,24,26). The van der Waals surface area contributed by atoms with E-state index in [0.717, 1.165) is 19.3 Å². The molecule has 1 aliphatic rings. The third-order valence-electron chi connectivity index (χ3n) is 5.08. The van der Waals surface area contributed by atoms with Gasteiger partial charge in [-0.15, -0.1) is 11.3 Å². The molecule has 1 saturated heterocycles. The maximum atomic E-state index is 13.0. The number of nitrogens with zero attached hydrogens (tertiary/aromatic N) is 1. The highest BCUT2D eigenvalue weighted by atomic mass is 35.5. The first-order valence-corrected chi connectivity index (χ1v) is 11.1. The molecule has 150 valence electrons. The fourth-order valence-corrected chi connectivity index (χ4v) is 4.56. The summed E-state index contributed by atoms with van der Waals surface area (Å²) in [6, 6.07) is 11.1. The van der Waals surface area contributed by atoms with E-state index in [0.29, 0.717) is 29.6 Å². The Kier molecular flexibility index (Phi) is 7.13. The van der Waals surface area contributed by atoms with Gasteiger partial charge in [0.15, 0.2) is 0 Å². The van der Waals surface area contributed by atoms with Crippen LogP contribution >= 0.6 is 22.9 Å². The second kappa shape index (κ2) is 9.57. The van der Waals surface area contributed by atoms with Gasteiger partial charge in [0.05, 0.1) is 12.0 Å². The van der Waals surface area contributed by atoms with Crippen molar-refractivity contribution in [3.8, 4) is 0 Å². The first-order valence-electron chi connectivity index (χ1n) is 9.82. The molecular weight excluding hydrogens is 392 g/mol. The lowest BCUT2D eigenvalue weighted by molar-refractivity contribution is -0.127. The molecule has 28 heavy (non-hydrogen) atoms. The summed E-state index contributed by atoms with van der Waals surface area (Å²) in [5.74, 6) is 0.333. The number of rotatable bonds is 6. The van der Waals surface area contributed by atoms with Gasteiger partial charge in [-0.1, -0.05) is 31.5 Å². The number of halogens is 1. The fraction of sp³-hybridized carbons (Fsp3) is 0.455. The summed E-state index contributed by atoms with van der Waals surface area (Å²) in [5, 5.41) is 5.90. The lowest BCUT2D eigenvalue weighted by Gasteiger charge is -2.33. The van der Waals surface area contributed by atoms with Gasteiger partial charge in [0.25, 0.3) is 5.91 Å². The van der Waals surface area contributed by atoms with E-state index in [1.165, 1.54) is 4.88 Å². The number of likely N-dealkylation sites (tertiary alicyclic amines) is 1. The van der Waals surface area contributed by atoms with Crippen molar-refractivity contribution in [3.05, 3.63) is 57.2 Å². The van der Waals surface area contributed by atoms with E-state index in [9.17, 15) is 9.59 Å². The molecule has 1 N–H and O–H groups in total. The normalized spacial score (nSPS) is 18.1. The molecule has 2 heterocycles. The van der Waals surface area contributed by atoms with Crippen molar-refractivity contribution in [2.45, 2.75) is 39.2 Å². The molecule has 6 heteroatoms. The van der Waals surface area contributed by atoms with Crippen molar-refractivity contribution in [2.75, 3.05) is 13.1 Å². The molecule has 2 aromatic rings. The fourth-order valence-electron chi connectivity index (χ4n) is 3.65. The first-order chi connectivity index (χ1) is 13.4. The van der Waals surface area contributed by atoms with Gasteiger partial charge in [-0.05, 0) is 60.9 Å². The Hall–Kier alpha value is -1.85. The Morgan fingerprint density at radius 1 is 1.25 bits per heavy atom. The predicted octanol–water partition coefficient (Wildman–Crippen LogP) is 5.16. The van der Waals surface area contributed by atoms with E-state index in [4.69, 9.17) is 11.6 Å². The van der Waals surface area contributed by atoms with Crippen LogP contribution in [0.3, 0.4) is 0 Å². The third-order valence-corrected chi connectivity index (χ3v) is 6.32. The summed E-state index contributed by atoms with van der Waals surface area (Å²) in [7, 11) is 0. The molecule has 2 amide bonds. The van der Waals surface area contributed by atoms with Crippen LogP contribution in [0.5, 0.6) is 0 Å². The number of hydrogen-bond donors (Lipinski definition) is 1. The quantitative estimate of drug-likeness (QED) is 0.704. The summed E-state index contributed by atoms with van der Waals surface area (Å²) >= 11 is 7.59. The van der Waals surface area contributed by atoms with E-state index in [1.54, 1.807) is 40.5 Å². The summed E-state index contributed by atoms with van der Waals surface area (Å²) in [4.78, 5) is 28.7. The van der Waals surface area contributed by atoms with E-state index in [2.05, 4.69) is 25.2 Å². The summed E-state index contributed by atoms with van der Waals surface area (Å²) < 4.78 is 0. The van der Waals surface area contributed by atoms with Gasteiger partial charge in [-0.2, -0.15) is 0 Å². The van der Waals surface area contributed by atoms with Gasteiger partial charge in [0.1, 0.15) is 0 Å². The Bertz CT molecular complexity index is 789. The minimum atomic E-state index is -0.167. The van der Waals surface area contributed by atoms with E-state index < -0.39 is 0 Å². The average Bonchev–Trinajstić information content (AvgIpc) is 3.22. The highest BCUT2D eigenvalue weighted by molar-refractivity contribution is 7.10. The van der Waals surface area contributed by atoms with Crippen LogP contribution in [0.15, 0.2) is 41.8 Å². The molecule has 2 unspecified atom stereocenters. The van der Waals surface area contributed by atoms with Crippen molar-refractivity contribution in [1.29, 1.82) is 0 Å². The Morgan fingerprint density at radius 2 is 2.00 bits per heavy atom. The van der Waals surface area contributed by atoms with Crippen molar-refractivity contribution in [2.24, 2.45) is 11.8 Å². The van der Waals surface area contributed by atoms with Crippen LogP contribution in [0, 0.1) is 11.8 Å². The van der Waals surface area contributed by atoms with Crippen LogP contribution < -0.4 is 5.32 Å². The van der Waals surface area contributed by atoms with Crippen LogP contribution in [-0.4, -0.2) is 29.8 Å². The van der Waals surface area contributed by atoms with E-state index in [-0.39, 0.29) is 23.8 Å². The molecule has 4 nitrogen and oxygen atoms in total. The largest absolute Gasteiger partial charge is 0.348 e. The predicted molar refractivity (Wildman–Crippen MR) is 115 cm³/mol. The molecule has 0 saturated carbocycles. The lowest BCUT2D eigenvalue weighted by atomic mass is 9.95. The number of hydrogen-bond acceptors (Lipinski definition) is 3. The lowest BCUT2D eigenvalue weighted by Crippen LogP contribution is -2.46. The van der Waals surface area contributed by atoms with Crippen LogP contribution in [0.4, 0.5) is 0 Å². The number of piperidine rings is 1. The third kappa shape index (κ3) is 5.36. The van der Waals surface area contributed by atoms with Gasteiger partial charge in [-0.25, -0.2) is 0 Å². The van der Waals surface area contributed by atoms with E-state index >= 15 is 0 Å². The number of nitrogens with one attached hydrogen (secondary N) is 1. The summed E-state index contributed by atoms with van der Waals surface area (Å²) in [6.45, 7) is 5.48. The molecule has 0 bridgehead atoms. The maximum Gasteiger partial charge on any atom is 0.253 e. The SMILES string of the molecule is CC(C)CC(NC(=O)C1CCCN(C(=O)c2ccc(Cl)cc2)C1)c1cccs1. The first kappa shape index (κ1) is 20.9. The zero-order valence-electron chi connectivity index (χ0n) is 16.4. The Balaban J connectivity index is 1.64. The Labute approximate surface area is 175 Å².